The summed E-state index contributed by atoms with van der Waals surface area (Å²) >= 11 is 2.98. The number of carbonyl (C=O) groups excluding carboxylic acids is 1. The summed E-state index contributed by atoms with van der Waals surface area (Å²) in [6.07, 6.45) is -0.332. The number of methoxy groups -OCH3 is 1. The first-order valence-corrected chi connectivity index (χ1v) is 5.57. The van der Waals surface area contributed by atoms with Crippen LogP contribution in [-0.4, -0.2) is 18.2 Å². The predicted octanol–water partition coefficient (Wildman–Crippen LogP) is 2.84. The Morgan fingerprint density at radius 2 is 2.22 bits per heavy atom. The molecular weight excluding hydrogens is 309 g/mol. The first-order valence-electron chi connectivity index (χ1n) is 4.78. The van der Waals surface area contributed by atoms with E-state index >= 15 is 0 Å². The lowest BCUT2D eigenvalue weighted by Crippen LogP contribution is -2.08. The van der Waals surface area contributed by atoms with Gasteiger partial charge in [0, 0.05) is 6.42 Å². The number of nitroso groups, excluding NO2 is 1. The molecule has 0 heterocycles. The number of benzene rings is 1. The van der Waals surface area contributed by atoms with Gasteiger partial charge in [-0.3, -0.25) is 0 Å². The molecule has 18 heavy (non-hydrogen) atoms. The number of nitrogens with zero attached hydrogens (tertiary/aromatic N) is 1. The summed E-state index contributed by atoms with van der Waals surface area (Å²) in [5.74, 6) is -2.30. The van der Waals surface area contributed by atoms with Crippen molar-refractivity contribution in [3.05, 3.63) is 50.4 Å². The van der Waals surface area contributed by atoms with Gasteiger partial charge in [0.25, 0.3) is 0 Å². The van der Waals surface area contributed by atoms with Crippen LogP contribution in [0.4, 0.5) is 4.39 Å². The van der Waals surface area contributed by atoms with Gasteiger partial charge in [0.2, 0.25) is 5.70 Å². The second-order valence-electron chi connectivity index (χ2n) is 3.27. The number of hydrogen-bond donors (Lipinski definition) is 1. The number of ether oxygens (including phenoxy) is 1. The van der Waals surface area contributed by atoms with E-state index in [1.807, 2.05) is 0 Å². The maximum Gasteiger partial charge on any atom is 0.363 e. The van der Waals surface area contributed by atoms with Crippen molar-refractivity contribution in [2.45, 2.75) is 6.42 Å². The Labute approximate surface area is 110 Å². The number of aliphatic hydroxyl groups is 1. The Morgan fingerprint density at radius 3 is 2.78 bits per heavy atom. The highest BCUT2D eigenvalue weighted by Gasteiger charge is 2.18. The molecule has 0 aliphatic rings. The van der Waals surface area contributed by atoms with Gasteiger partial charge in [0.1, 0.15) is 11.6 Å². The summed E-state index contributed by atoms with van der Waals surface area (Å²) < 4.78 is 18.1. The Hall–Kier alpha value is -1.76. The van der Waals surface area contributed by atoms with Crippen LogP contribution in [0.1, 0.15) is 5.56 Å². The van der Waals surface area contributed by atoms with Crippen LogP contribution in [0.5, 0.6) is 0 Å². The zero-order valence-corrected chi connectivity index (χ0v) is 10.9. The number of aliphatic hydroxyl groups excluding tert-OH is 1. The zero-order valence-electron chi connectivity index (χ0n) is 9.31. The average Bonchev–Trinajstić information content (AvgIpc) is 2.35. The molecule has 1 N–H and O–H groups in total. The van der Waals surface area contributed by atoms with Gasteiger partial charge >= 0.3 is 5.97 Å². The largest absolute Gasteiger partial charge is 0.509 e. The number of halogens is 2. The summed E-state index contributed by atoms with van der Waals surface area (Å²) in [7, 11) is 1.04. The molecule has 0 bridgehead atoms. The highest BCUT2D eigenvalue weighted by molar-refractivity contribution is 9.10. The Balaban J connectivity index is 3.09. The van der Waals surface area contributed by atoms with Gasteiger partial charge in [-0.1, -0.05) is 12.1 Å². The summed E-state index contributed by atoms with van der Waals surface area (Å²) in [4.78, 5) is 21.5. The number of rotatable bonds is 4. The van der Waals surface area contributed by atoms with Crippen molar-refractivity contribution in [2.75, 3.05) is 7.11 Å². The fourth-order valence-electron chi connectivity index (χ4n) is 1.25. The fourth-order valence-corrected chi connectivity index (χ4v) is 1.66. The molecule has 0 unspecified atom stereocenters. The molecule has 0 radical (unpaired) electrons. The van der Waals surface area contributed by atoms with Crippen LogP contribution in [0.3, 0.4) is 0 Å². The minimum Gasteiger partial charge on any atom is -0.509 e. The number of allylic oxidation sites excluding steroid dienone is 1. The quantitative estimate of drug-likeness (QED) is 0.401. The number of esters is 1. The highest BCUT2D eigenvalue weighted by Crippen LogP contribution is 2.21. The molecule has 1 rings (SSSR count). The minimum absolute atomic E-state index is 0.118. The summed E-state index contributed by atoms with van der Waals surface area (Å²) in [6.45, 7) is 0. The lowest BCUT2D eigenvalue weighted by molar-refractivity contribution is -0.136. The topological polar surface area (TPSA) is 76.0 Å². The second-order valence-corrected chi connectivity index (χ2v) is 4.12. The molecule has 0 aliphatic heterocycles. The summed E-state index contributed by atoms with van der Waals surface area (Å²) in [6, 6.07) is 4.46. The molecule has 0 aromatic heterocycles. The molecule has 96 valence electrons. The van der Waals surface area contributed by atoms with Crippen LogP contribution in [0, 0.1) is 10.7 Å². The first-order chi connectivity index (χ1) is 8.51. The third kappa shape index (κ3) is 3.13. The predicted molar refractivity (Wildman–Crippen MR) is 65.3 cm³/mol. The van der Waals surface area contributed by atoms with Gasteiger partial charge < -0.3 is 9.84 Å². The fraction of sp³-hybridized carbons (Fsp3) is 0.182. The van der Waals surface area contributed by atoms with Crippen LogP contribution in [0.25, 0.3) is 0 Å². The van der Waals surface area contributed by atoms with Crippen molar-refractivity contribution in [3.63, 3.8) is 0 Å². The van der Waals surface area contributed by atoms with Crippen LogP contribution in [0.2, 0.25) is 0 Å². The molecule has 7 heteroatoms. The van der Waals surface area contributed by atoms with E-state index in [1.54, 1.807) is 6.07 Å². The van der Waals surface area contributed by atoms with Crippen molar-refractivity contribution in [1.29, 1.82) is 0 Å². The third-order valence-electron chi connectivity index (χ3n) is 2.13. The van der Waals surface area contributed by atoms with Gasteiger partial charge in [0.05, 0.1) is 11.6 Å². The maximum absolute atomic E-state index is 13.6. The molecular formula is C11H9BrFNO4. The summed E-state index contributed by atoms with van der Waals surface area (Å²) in [5.41, 5.74) is -0.649. The maximum atomic E-state index is 13.6. The Morgan fingerprint density at radius 1 is 1.56 bits per heavy atom. The van der Waals surface area contributed by atoms with Gasteiger partial charge in [-0.05, 0) is 32.7 Å². The molecule has 0 atom stereocenters. The van der Waals surface area contributed by atoms with Crippen molar-refractivity contribution in [1.82, 2.24) is 0 Å². The van der Waals surface area contributed by atoms with Gasteiger partial charge in [-0.15, -0.1) is 4.91 Å². The highest BCUT2D eigenvalue weighted by atomic mass is 79.9. The normalized spacial score (nSPS) is 11.7. The smallest absolute Gasteiger partial charge is 0.363 e. The lowest BCUT2D eigenvalue weighted by atomic mass is 10.1. The van der Waals surface area contributed by atoms with E-state index in [-0.39, 0.29) is 16.5 Å². The van der Waals surface area contributed by atoms with E-state index in [0.29, 0.717) is 0 Å². The number of carbonyl (C=O) groups is 1. The van der Waals surface area contributed by atoms with Crippen molar-refractivity contribution >= 4 is 21.9 Å². The van der Waals surface area contributed by atoms with Crippen LogP contribution < -0.4 is 0 Å². The van der Waals surface area contributed by atoms with E-state index in [0.717, 1.165) is 7.11 Å². The molecule has 0 amide bonds. The molecule has 0 spiro atoms. The van der Waals surface area contributed by atoms with Crippen molar-refractivity contribution in [3.8, 4) is 0 Å². The van der Waals surface area contributed by atoms with Gasteiger partial charge in [-0.25, -0.2) is 9.18 Å². The van der Waals surface area contributed by atoms with Crippen molar-refractivity contribution < 1.29 is 19.0 Å². The minimum atomic E-state index is -1.07. The SMILES string of the molecule is COC(=O)/C(N=O)=C(\O)Cc1cccc(Br)c1F. The van der Waals surface area contributed by atoms with Crippen LogP contribution in [-0.2, 0) is 16.0 Å². The van der Waals surface area contributed by atoms with E-state index in [1.165, 1.54) is 12.1 Å². The van der Waals surface area contributed by atoms with E-state index < -0.39 is 23.2 Å². The third-order valence-corrected chi connectivity index (χ3v) is 2.75. The molecule has 5 nitrogen and oxygen atoms in total. The molecule has 0 aliphatic carbocycles. The van der Waals surface area contributed by atoms with Crippen molar-refractivity contribution in [2.24, 2.45) is 5.18 Å². The van der Waals surface area contributed by atoms with Gasteiger partial charge in [0.15, 0.2) is 0 Å². The second kappa shape index (κ2) is 6.25. The molecule has 1 aromatic carbocycles. The first kappa shape index (κ1) is 14.3. The Bertz CT molecular complexity index is 516. The van der Waals surface area contributed by atoms with Gasteiger partial charge in [-0.2, -0.15) is 0 Å². The number of hydrogen-bond acceptors (Lipinski definition) is 5. The Kier molecular flexibility index (Phi) is 4.96. The van der Waals surface area contributed by atoms with E-state index in [4.69, 9.17) is 0 Å². The standard InChI is InChI=1S/C11H9BrFNO4/c1-18-11(16)10(14-17)8(15)5-6-3-2-4-7(12)9(6)13/h2-4,15H,5H2,1H3/b10-8+. The van der Waals surface area contributed by atoms with Crippen LogP contribution in [0.15, 0.2) is 39.3 Å². The molecule has 0 saturated carbocycles. The zero-order chi connectivity index (χ0) is 13.7. The van der Waals surface area contributed by atoms with E-state index in [2.05, 4.69) is 25.8 Å². The molecule has 0 saturated heterocycles. The molecule has 1 aromatic rings. The average molecular weight is 318 g/mol. The summed E-state index contributed by atoms with van der Waals surface area (Å²) in [5, 5.41) is 12.0. The van der Waals surface area contributed by atoms with E-state index in [9.17, 15) is 19.2 Å². The van der Waals surface area contributed by atoms with Crippen LogP contribution >= 0.6 is 15.9 Å². The molecule has 0 fully saturated rings. The monoisotopic (exact) mass is 317 g/mol. The lowest BCUT2D eigenvalue weighted by Gasteiger charge is -2.05.